The second-order valence-corrected chi connectivity index (χ2v) is 4.71. The zero-order valence-corrected chi connectivity index (χ0v) is 10.5. The summed E-state index contributed by atoms with van der Waals surface area (Å²) >= 11 is 0. The van der Waals surface area contributed by atoms with Gasteiger partial charge in [-0.15, -0.1) is 0 Å². The molecule has 0 spiro atoms. The molecule has 1 aliphatic rings. The maximum Gasteiger partial charge on any atom is 0.151 e. The van der Waals surface area contributed by atoms with Crippen LogP contribution in [0.3, 0.4) is 0 Å². The van der Waals surface area contributed by atoms with Crippen LogP contribution in [0, 0.1) is 0 Å². The van der Waals surface area contributed by atoms with Gasteiger partial charge in [0.25, 0.3) is 0 Å². The van der Waals surface area contributed by atoms with Crippen molar-refractivity contribution in [2.45, 2.75) is 18.9 Å². The Morgan fingerprint density at radius 1 is 1.41 bits per heavy atom. The lowest BCUT2D eigenvalue weighted by Crippen LogP contribution is -2.42. The summed E-state index contributed by atoms with van der Waals surface area (Å²) in [7, 11) is 4.24. The van der Waals surface area contributed by atoms with E-state index in [4.69, 9.17) is 0 Å². The van der Waals surface area contributed by atoms with Gasteiger partial charge in [0, 0.05) is 24.8 Å². The van der Waals surface area contributed by atoms with Gasteiger partial charge in [-0.1, -0.05) is 0 Å². The van der Waals surface area contributed by atoms with Gasteiger partial charge in [-0.3, -0.25) is 4.79 Å². The molecule has 0 radical (unpaired) electrons. The van der Waals surface area contributed by atoms with E-state index < -0.39 is 0 Å². The van der Waals surface area contributed by atoms with E-state index in [0.29, 0.717) is 11.6 Å². The van der Waals surface area contributed by atoms with Crippen molar-refractivity contribution in [3.8, 4) is 0 Å². The Balaban J connectivity index is 2.03. The van der Waals surface area contributed by atoms with Gasteiger partial charge >= 0.3 is 0 Å². The Labute approximate surface area is 102 Å². The lowest BCUT2D eigenvalue weighted by Gasteiger charge is -2.35. The van der Waals surface area contributed by atoms with Crippen LogP contribution < -0.4 is 4.90 Å². The molecule has 0 aliphatic carbocycles. The molecule has 1 aliphatic heterocycles. The normalized spacial score (nSPS) is 18.0. The number of anilines is 1. The van der Waals surface area contributed by atoms with Crippen molar-refractivity contribution in [2.24, 2.45) is 0 Å². The van der Waals surface area contributed by atoms with Crippen LogP contribution in [0.15, 0.2) is 18.3 Å². The number of carbonyl (C=O) groups is 1. The molecule has 0 bridgehead atoms. The summed E-state index contributed by atoms with van der Waals surface area (Å²) in [4.78, 5) is 19.5. The smallest absolute Gasteiger partial charge is 0.151 e. The highest BCUT2D eigenvalue weighted by atomic mass is 16.1. The van der Waals surface area contributed by atoms with Crippen molar-refractivity contribution in [1.29, 1.82) is 0 Å². The molecule has 0 saturated carbocycles. The van der Waals surface area contributed by atoms with Gasteiger partial charge in [0.15, 0.2) is 6.29 Å². The van der Waals surface area contributed by atoms with Gasteiger partial charge in [-0.2, -0.15) is 0 Å². The number of nitrogens with zero attached hydrogens (tertiary/aromatic N) is 3. The largest absolute Gasteiger partial charge is 0.357 e. The van der Waals surface area contributed by atoms with Crippen LogP contribution in [-0.4, -0.2) is 49.4 Å². The molecule has 17 heavy (non-hydrogen) atoms. The summed E-state index contributed by atoms with van der Waals surface area (Å²) in [5.41, 5.74) is 0.630. The van der Waals surface area contributed by atoms with Gasteiger partial charge in [0.05, 0.1) is 0 Å². The molecule has 0 N–H and O–H groups in total. The average molecular weight is 233 g/mol. The summed E-state index contributed by atoms with van der Waals surface area (Å²) in [6.45, 7) is 2.28. The lowest BCUT2D eigenvalue weighted by molar-refractivity contribution is 0.112. The Hall–Kier alpha value is -1.42. The summed E-state index contributed by atoms with van der Waals surface area (Å²) in [6.07, 6.45) is 4.80. The number of pyridine rings is 1. The third kappa shape index (κ3) is 2.82. The summed E-state index contributed by atoms with van der Waals surface area (Å²) in [5.74, 6) is 0.949. The number of rotatable bonds is 3. The van der Waals surface area contributed by atoms with Gasteiger partial charge in [-0.05, 0) is 45.1 Å². The molecule has 1 aromatic rings. The molecule has 4 nitrogen and oxygen atoms in total. The van der Waals surface area contributed by atoms with E-state index in [0.717, 1.165) is 25.2 Å². The van der Waals surface area contributed by atoms with E-state index in [9.17, 15) is 4.79 Å². The third-order valence-corrected chi connectivity index (χ3v) is 3.50. The predicted octanol–water partition coefficient (Wildman–Crippen LogP) is 1.42. The molecular weight excluding hydrogens is 214 g/mol. The monoisotopic (exact) mass is 233 g/mol. The minimum Gasteiger partial charge on any atom is -0.357 e. The standard InChI is InChI=1S/C13H19N3O/c1-15-7-5-12(6-8-15)16(2)13-4-3-11(10-17)9-14-13/h3-4,9-10,12H,5-8H2,1-2H3. The van der Waals surface area contributed by atoms with Crippen LogP contribution in [0.2, 0.25) is 0 Å². The molecular formula is C13H19N3O. The number of carbonyl (C=O) groups excluding carboxylic acids is 1. The zero-order chi connectivity index (χ0) is 12.3. The van der Waals surface area contributed by atoms with Gasteiger partial charge < -0.3 is 9.80 Å². The SMILES string of the molecule is CN1CCC(N(C)c2ccc(C=O)cn2)CC1. The molecule has 2 heterocycles. The molecule has 1 saturated heterocycles. The van der Waals surface area contributed by atoms with Gasteiger partial charge in [0.2, 0.25) is 0 Å². The maximum absolute atomic E-state index is 10.6. The minimum atomic E-state index is 0.556. The quantitative estimate of drug-likeness (QED) is 0.740. The van der Waals surface area contributed by atoms with Crippen LogP contribution in [0.25, 0.3) is 0 Å². The highest BCUT2D eigenvalue weighted by molar-refractivity contribution is 5.74. The number of aldehydes is 1. The maximum atomic E-state index is 10.6. The third-order valence-electron chi connectivity index (χ3n) is 3.50. The van der Waals surface area contributed by atoms with Crippen molar-refractivity contribution in [2.75, 3.05) is 32.1 Å². The van der Waals surface area contributed by atoms with Crippen molar-refractivity contribution in [3.05, 3.63) is 23.9 Å². The summed E-state index contributed by atoms with van der Waals surface area (Å²) in [5, 5.41) is 0. The van der Waals surface area contributed by atoms with Crippen LogP contribution >= 0.6 is 0 Å². The fourth-order valence-electron chi connectivity index (χ4n) is 2.25. The number of aromatic nitrogens is 1. The van der Waals surface area contributed by atoms with E-state index in [1.165, 1.54) is 12.8 Å². The topological polar surface area (TPSA) is 36.4 Å². The fourth-order valence-corrected chi connectivity index (χ4v) is 2.25. The van der Waals surface area contributed by atoms with Crippen molar-refractivity contribution >= 4 is 12.1 Å². The number of piperidine rings is 1. The van der Waals surface area contributed by atoms with Crippen molar-refractivity contribution in [3.63, 3.8) is 0 Å². The molecule has 0 atom stereocenters. The van der Waals surface area contributed by atoms with Crippen LogP contribution in [0.1, 0.15) is 23.2 Å². The van der Waals surface area contributed by atoms with E-state index in [-0.39, 0.29) is 0 Å². The Kier molecular flexibility index (Phi) is 3.74. The molecule has 1 fully saturated rings. The molecule has 0 amide bonds. The Bertz CT molecular complexity index is 369. The average Bonchev–Trinajstić information content (AvgIpc) is 2.39. The van der Waals surface area contributed by atoms with Crippen LogP contribution in [0.4, 0.5) is 5.82 Å². The lowest BCUT2D eigenvalue weighted by atomic mass is 10.0. The van der Waals surface area contributed by atoms with Crippen molar-refractivity contribution < 1.29 is 4.79 Å². The molecule has 1 aromatic heterocycles. The Morgan fingerprint density at radius 3 is 2.65 bits per heavy atom. The highest BCUT2D eigenvalue weighted by Crippen LogP contribution is 2.19. The number of hydrogen-bond acceptors (Lipinski definition) is 4. The fraction of sp³-hybridized carbons (Fsp3) is 0.538. The first kappa shape index (κ1) is 12.0. The van der Waals surface area contributed by atoms with Crippen molar-refractivity contribution in [1.82, 2.24) is 9.88 Å². The molecule has 0 unspecified atom stereocenters. The predicted molar refractivity (Wildman–Crippen MR) is 68.5 cm³/mol. The summed E-state index contributed by atoms with van der Waals surface area (Å²) < 4.78 is 0. The van der Waals surface area contributed by atoms with E-state index >= 15 is 0 Å². The Morgan fingerprint density at radius 2 is 2.12 bits per heavy atom. The van der Waals surface area contributed by atoms with Crippen LogP contribution in [0.5, 0.6) is 0 Å². The minimum absolute atomic E-state index is 0.556. The first-order valence-electron chi connectivity index (χ1n) is 6.03. The molecule has 0 aromatic carbocycles. The highest BCUT2D eigenvalue weighted by Gasteiger charge is 2.21. The van der Waals surface area contributed by atoms with E-state index in [1.54, 1.807) is 6.20 Å². The molecule has 4 heteroatoms. The van der Waals surface area contributed by atoms with Gasteiger partial charge in [-0.25, -0.2) is 4.98 Å². The summed E-state index contributed by atoms with van der Waals surface area (Å²) in [6, 6.07) is 4.30. The van der Waals surface area contributed by atoms with Gasteiger partial charge in [0.1, 0.15) is 5.82 Å². The molecule has 2 rings (SSSR count). The first-order valence-corrected chi connectivity index (χ1v) is 6.03. The molecule has 92 valence electrons. The number of likely N-dealkylation sites (tertiary alicyclic amines) is 1. The van der Waals surface area contributed by atoms with Crippen LogP contribution in [-0.2, 0) is 0 Å². The second kappa shape index (κ2) is 5.27. The van der Waals surface area contributed by atoms with E-state index in [1.807, 2.05) is 12.1 Å². The van der Waals surface area contributed by atoms with E-state index in [2.05, 4.69) is 28.9 Å². The zero-order valence-electron chi connectivity index (χ0n) is 10.5. The second-order valence-electron chi connectivity index (χ2n) is 4.71. The number of hydrogen-bond donors (Lipinski definition) is 0. The first-order chi connectivity index (χ1) is 8.20.